The van der Waals surface area contributed by atoms with Crippen LogP contribution in [0.4, 0.5) is 0 Å². The average Bonchev–Trinajstić information content (AvgIpc) is 2.47. The predicted octanol–water partition coefficient (Wildman–Crippen LogP) is 2.88. The molecule has 1 aliphatic carbocycles. The van der Waals surface area contributed by atoms with Crippen LogP contribution in [0.3, 0.4) is 0 Å². The van der Waals surface area contributed by atoms with Gasteiger partial charge in [0, 0.05) is 19.3 Å². The summed E-state index contributed by atoms with van der Waals surface area (Å²) in [6.45, 7) is 2.18. The fraction of sp³-hybridized carbons (Fsp3) is 0.600. The Balaban J connectivity index is 2.00. The van der Waals surface area contributed by atoms with Crippen LogP contribution in [0.15, 0.2) is 23.4 Å². The summed E-state index contributed by atoms with van der Waals surface area (Å²) in [7, 11) is 0.316. The molecule has 0 aliphatic heterocycles. The van der Waals surface area contributed by atoms with Crippen LogP contribution < -0.4 is 0 Å². The molecule has 1 heterocycles. The van der Waals surface area contributed by atoms with Crippen LogP contribution in [0, 0.1) is 5.92 Å². The van der Waals surface area contributed by atoms with Gasteiger partial charge < -0.3 is 4.90 Å². The van der Waals surface area contributed by atoms with Crippen molar-refractivity contribution in [2.24, 2.45) is 5.92 Å². The van der Waals surface area contributed by atoms with Crippen molar-refractivity contribution >= 4 is 28.3 Å². The van der Waals surface area contributed by atoms with Crippen LogP contribution >= 0.6 is 11.6 Å². The molecule has 1 aromatic heterocycles. The maximum absolute atomic E-state index is 12.3. The lowest BCUT2D eigenvalue weighted by Gasteiger charge is -2.36. The number of rotatable bonds is 4. The van der Waals surface area contributed by atoms with Gasteiger partial charge >= 0.3 is 0 Å². The van der Waals surface area contributed by atoms with E-state index in [9.17, 15) is 9.00 Å². The molecule has 1 saturated carbocycles. The lowest BCUT2D eigenvalue weighted by Crippen LogP contribution is -2.44. The summed E-state index contributed by atoms with van der Waals surface area (Å²) in [6.07, 6.45) is 6.10. The molecule has 6 heteroatoms. The second-order valence-electron chi connectivity index (χ2n) is 5.61. The number of hydrogen-bond acceptors (Lipinski definition) is 3. The van der Waals surface area contributed by atoms with E-state index in [1.165, 1.54) is 12.6 Å². The van der Waals surface area contributed by atoms with Crippen molar-refractivity contribution in [3.8, 4) is 0 Å². The molecule has 0 unspecified atom stereocenters. The molecule has 0 aromatic carbocycles. The number of carbonyl (C=O) groups excluding carboxylic acids is 1. The maximum Gasteiger partial charge on any atom is 0.235 e. The van der Waals surface area contributed by atoms with Crippen molar-refractivity contribution in [3.05, 3.63) is 23.4 Å². The average molecular weight is 329 g/mol. The van der Waals surface area contributed by atoms with Gasteiger partial charge in [-0.1, -0.05) is 31.4 Å². The Morgan fingerprint density at radius 3 is 2.86 bits per heavy atom. The summed E-state index contributed by atoms with van der Waals surface area (Å²) in [5, 5.41) is 0.634. The van der Waals surface area contributed by atoms with Gasteiger partial charge in [-0.25, -0.2) is 4.98 Å². The predicted molar refractivity (Wildman–Crippen MR) is 84.7 cm³/mol. The summed E-state index contributed by atoms with van der Waals surface area (Å²) in [5.74, 6) is 0.338. The monoisotopic (exact) mass is 328 g/mol. The van der Waals surface area contributed by atoms with Crippen LogP contribution in [-0.4, -0.2) is 38.8 Å². The first kappa shape index (κ1) is 16.4. The van der Waals surface area contributed by atoms with Gasteiger partial charge in [0.2, 0.25) is 5.91 Å². The Hall–Kier alpha value is -0.940. The molecule has 21 heavy (non-hydrogen) atoms. The molecule has 0 spiro atoms. The molecule has 0 radical (unpaired) electrons. The Bertz CT molecular complexity index is 538. The zero-order chi connectivity index (χ0) is 15.4. The first-order valence-corrected chi connectivity index (χ1v) is 8.95. The fourth-order valence-corrected chi connectivity index (χ4v) is 4.29. The van der Waals surface area contributed by atoms with Gasteiger partial charge in [-0.15, -0.1) is 0 Å². The quantitative estimate of drug-likeness (QED) is 0.854. The Kier molecular flexibility index (Phi) is 5.76. The number of pyridine rings is 1. The van der Waals surface area contributed by atoms with E-state index >= 15 is 0 Å². The zero-order valence-electron chi connectivity index (χ0n) is 12.4. The van der Waals surface area contributed by atoms with E-state index < -0.39 is 10.8 Å². The smallest absolute Gasteiger partial charge is 0.235 e. The fourth-order valence-electron chi connectivity index (χ4n) is 2.88. The van der Waals surface area contributed by atoms with E-state index in [4.69, 9.17) is 11.6 Å². The standard InChI is InChI=1S/C15H21ClN2O2S/c1-11-6-3-4-8-13(11)18(2)14(19)10-21(20)15-12(16)7-5-9-17-15/h5,7,9,11,13H,3-4,6,8,10H2,1-2H3/t11-,13+,21-/m1/s1. The Morgan fingerprint density at radius 2 is 2.19 bits per heavy atom. The Labute approximate surface area is 133 Å². The van der Waals surface area contributed by atoms with Gasteiger partial charge in [0.15, 0.2) is 0 Å². The third-order valence-electron chi connectivity index (χ3n) is 4.15. The summed E-state index contributed by atoms with van der Waals surface area (Å²) in [6, 6.07) is 3.57. The molecule has 2 rings (SSSR count). The Morgan fingerprint density at radius 1 is 1.48 bits per heavy atom. The number of nitrogens with zero attached hydrogens (tertiary/aromatic N) is 2. The second kappa shape index (κ2) is 7.36. The molecule has 116 valence electrons. The van der Waals surface area contributed by atoms with Crippen molar-refractivity contribution in [2.75, 3.05) is 12.8 Å². The molecule has 4 nitrogen and oxygen atoms in total. The number of halogens is 1. The molecule has 3 atom stereocenters. The molecule has 1 fully saturated rings. The normalized spacial score (nSPS) is 23.6. The third kappa shape index (κ3) is 4.04. The van der Waals surface area contributed by atoms with Crippen LogP contribution in [0.1, 0.15) is 32.6 Å². The molecule has 1 amide bonds. The number of hydrogen-bond donors (Lipinski definition) is 0. The van der Waals surface area contributed by atoms with E-state index in [1.807, 2.05) is 7.05 Å². The second-order valence-corrected chi connectivity index (χ2v) is 7.39. The van der Waals surface area contributed by atoms with Crippen molar-refractivity contribution < 1.29 is 9.00 Å². The first-order valence-electron chi connectivity index (χ1n) is 7.25. The largest absolute Gasteiger partial charge is 0.342 e. The minimum Gasteiger partial charge on any atom is -0.342 e. The summed E-state index contributed by atoms with van der Waals surface area (Å²) in [5.41, 5.74) is 0. The van der Waals surface area contributed by atoms with Gasteiger partial charge in [0.05, 0.1) is 15.8 Å². The highest BCUT2D eigenvalue weighted by Crippen LogP contribution is 2.27. The van der Waals surface area contributed by atoms with E-state index in [0.29, 0.717) is 10.9 Å². The lowest BCUT2D eigenvalue weighted by molar-refractivity contribution is -0.130. The van der Waals surface area contributed by atoms with Crippen LogP contribution in [0.5, 0.6) is 0 Å². The van der Waals surface area contributed by atoms with Gasteiger partial charge in [0.25, 0.3) is 0 Å². The van der Waals surface area contributed by atoms with Gasteiger partial charge in [-0.3, -0.25) is 9.00 Å². The topological polar surface area (TPSA) is 50.3 Å². The number of amides is 1. The van der Waals surface area contributed by atoms with Crippen molar-refractivity contribution in [2.45, 2.75) is 43.7 Å². The van der Waals surface area contributed by atoms with E-state index in [-0.39, 0.29) is 22.7 Å². The highest BCUT2D eigenvalue weighted by molar-refractivity contribution is 7.85. The van der Waals surface area contributed by atoms with Gasteiger partial charge in [0.1, 0.15) is 10.8 Å². The molecular weight excluding hydrogens is 308 g/mol. The maximum atomic E-state index is 12.3. The summed E-state index contributed by atoms with van der Waals surface area (Å²) < 4.78 is 12.3. The molecule has 0 N–H and O–H groups in total. The van der Waals surface area contributed by atoms with E-state index in [0.717, 1.165) is 19.3 Å². The number of carbonyl (C=O) groups is 1. The van der Waals surface area contributed by atoms with E-state index in [2.05, 4.69) is 11.9 Å². The molecule has 0 bridgehead atoms. The summed E-state index contributed by atoms with van der Waals surface area (Å²) in [4.78, 5) is 18.1. The molecule has 1 aliphatic rings. The first-order chi connectivity index (χ1) is 10.0. The van der Waals surface area contributed by atoms with Crippen LogP contribution in [0.25, 0.3) is 0 Å². The molecular formula is C15H21ClN2O2S. The molecule has 0 saturated heterocycles. The van der Waals surface area contributed by atoms with Crippen molar-refractivity contribution in [1.82, 2.24) is 9.88 Å². The van der Waals surface area contributed by atoms with Crippen LogP contribution in [0.2, 0.25) is 5.02 Å². The lowest BCUT2D eigenvalue weighted by atomic mass is 9.85. The zero-order valence-corrected chi connectivity index (χ0v) is 14.0. The SMILES string of the molecule is C[C@@H]1CCCC[C@@H]1N(C)C(=O)C[S@@](=O)c1ncccc1Cl. The highest BCUT2D eigenvalue weighted by Gasteiger charge is 2.28. The van der Waals surface area contributed by atoms with E-state index in [1.54, 1.807) is 17.0 Å². The minimum absolute atomic E-state index is 0.0591. The minimum atomic E-state index is -1.50. The highest BCUT2D eigenvalue weighted by atomic mass is 35.5. The number of aromatic nitrogens is 1. The third-order valence-corrected chi connectivity index (χ3v) is 5.83. The molecule has 1 aromatic rings. The van der Waals surface area contributed by atoms with Gasteiger partial charge in [-0.05, 0) is 30.9 Å². The van der Waals surface area contributed by atoms with Crippen molar-refractivity contribution in [1.29, 1.82) is 0 Å². The summed E-state index contributed by atoms with van der Waals surface area (Å²) >= 11 is 5.97. The van der Waals surface area contributed by atoms with Crippen molar-refractivity contribution in [3.63, 3.8) is 0 Å². The van der Waals surface area contributed by atoms with Crippen LogP contribution in [-0.2, 0) is 15.6 Å². The van der Waals surface area contributed by atoms with Gasteiger partial charge in [-0.2, -0.15) is 0 Å².